The van der Waals surface area contributed by atoms with E-state index in [0.29, 0.717) is 10.7 Å². The van der Waals surface area contributed by atoms with Crippen LogP contribution >= 0.6 is 27.5 Å². The smallest absolute Gasteiger partial charge is 0.0958 e. The molecule has 0 N–H and O–H groups in total. The average molecular weight is 430 g/mol. The Hall–Kier alpha value is -1.58. The summed E-state index contributed by atoms with van der Waals surface area (Å²) < 4.78 is 2.24. The first-order valence-corrected chi connectivity index (χ1v) is 10.5. The summed E-state index contributed by atoms with van der Waals surface area (Å²) in [5, 5.41) is 0.762. The van der Waals surface area contributed by atoms with Crippen molar-refractivity contribution in [1.29, 1.82) is 0 Å². The largest absolute Gasteiger partial charge is 0.326 e. The van der Waals surface area contributed by atoms with Gasteiger partial charge in [-0.25, -0.2) is 4.98 Å². The Morgan fingerprint density at radius 3 is 2.46 bits per heavy atom. The van der Waals surface area contributed by atoms with Gasteiger partial charge in [0, 0.05) is 22.0 Å². The second-order valence-corrected chi connectivity index (χ2v) is 8.80. The van der Waals surface area contributed by atoms with Gasteiger partial charge >= 0.3 is 0 Å². The quantitative estimate of drug-likeness (QED) is 0.427. The molecule has 0 bridgehead atoms. The Labute approximate surface area is 168 Å². The number of hydrogen-bond acceptors (Lipinski definition) is 1. The molecular weight excluding hydrogens is 408 g/mol. The topological polar surface area (TPSA) is 17.8 Å². The summed E-state index contributed by atoms with van der Waals surface area (Å²) in [7, 11) is 0. The summed E-state index contributed by atoms with van der Waals surface area (Å²) in [5.74, 6) is 0.552. The van der Waals surface area contributed by atoms with Crippen molar-refractivity contribution in [3.05, 3.63) is 89.0 Å². The number of alkyl halides is 1. The van der Waals surface area contributed by atoms with E-state index in [4.69, 9.17) is 16.6 Å². The number of hydrogen-bond donors (Lipinski definition) is 0. The Balaban J connectivity index is 1.69. The molecule has 1 aliphatic carbocycles. The van der Waals surface area contributed by atoms with E-state index in [1.807, 2.05) is 18.5 Å². The second-order valence-electron chi connectivity index (χ2n) is 7.07. The van der Waals surface area contributed by atoms with E-state index in [2.05, 4.69) is 69.2 Å². The summed E-state index contributed by atoms with van der Waals surface area (Å²) in [4.78, 5) is 5.40. The van der Waals surface area contributed by atoms with Crippen molar-refractivity contribution in [2.75, 3.05) is 0 Å². The lowest BCUT2D eigenvalue weighted by molar-refractivity contribution is 0.451. The number of nitrogens with zero attached hydrogens (tertiary/aromatic N) is 2. The Kier molecular flexibility index (Phi) is 5.46. The minimum Gasteiger partial charge on any atom is -0.326 e. The first kappa shape index (κ1) is 17.8. The van der Waals surface area contributed by atoms with Gasteiger partial charge in [0.1, 0.15) is 0 Å². The second kappa shape index (κ2) is 7.98. The lowest BCUT2D eigenvalue weighted by Crippen LogP contribution is -2.14. The van der Waals surface area contributed by atoms with Gasteiger partial charge in [0.2, 0.25) is 0 Å². The van der Waals surface area contributed by atoms with Crippen molar-refractivity contribution in [1.82, 2.24) is 9.55 Å². The number of aromatic nitrogens is 2. The predicted molar refractivity (Wildman–Crippen MR) is 111 cm³/mol. The van der Waals surface area contributed by atoms with Gasteiger partial charge in [0.05, 0.1) is 18.1 Å². The zero-order valence-electron chi connectivity index (χ0n) is 14.6. The Morgan fingerprint density at radius 1 is 1.00 bits per heavy atom. The Morgan fingerprint density at radius 2 is 1.73 bits per heavy atom. The van der Waals surface area contributed by atoms with Crippen molar-refractivity contribution in [2.45, 2.75) is 42.5 Å². The molecule has 0 amide bonds. The summed E-state index contributed by atoms with van der Waals surface area (Å²) in [6, 6.07) is 18.8. The fourth-order valence-corrected chi connectivity index (χ4v) is 4.82. The van der Waals surface area contributed by atoms with Crippen molar-refractivity contribution >= 4 is 27.5 Å². The maximum atomic E-state index is 6.10. The standard InChI is InChI=1S/C22H22BrClN2/c23-19-8-4-7-18(13-19)21-14-26(15-25-21)22(16-5-2-1-3-6-16)17-9-11-20(24)12-10-17/h1-3,5-6,9-12,14-15,18-19,22H,4,7-8,13H2. The molecule has 1 aliphatic rings. The van der Waals surface area contributed by atoms with Crippen LogP contribution in [-0.4, -0.2) is 14.4 Å². The third-order valence-corrected chi connectivity index (χ3v) is 6.33. The van der Waals surface area contributed by atoms with Gasteiger partial charge in [-0.1, -0.05) is 76.4 Å². The molecule has 3 aromatic rings. The monoisotopic (exact) mass is 428 g/mol. The molecule has 2 nitrogen and oxygen atoms in total. The van der Waals surface area contributed by atoms with Gasteiger partial charge in [-0.3, -0.25) is 0 Å². The van der Waals surface area contributed by atoms with Crippen LogP contribution in [0, 0.1) is 0 Å². The van der Waals surface area contributed by atoms with E-state index in [1.165, 1.54) is 42.5 Å². The first-order valence-electron chi connectivity index (χ1n) is 9.18. The highest BCUT2D eigenvalue weighted by atomic mass is 79.9. The summed E-state index contributed by atoms with van der Waals surface area (Å²) >= 11 is 9.90. The van der Waals surface area contributed by atoms with Crippen LogP contribution in [0.3, 0.4) is 0 Å². The molecule has 0 spiro atoms. The van der Waals surface area contributed by atoms with Crippen LogP contribution in [-0.2, 0) is 0 Å². The molecule has 1 aromatic heterocycles. The predicted octanol–water partition coefficient (Wildman–Crippen LogP) is 6.60. The number of benzene rings is 2. The van der Waals surface area contributed by atoms with Crippen LogP contribution in [0.1, 0.15) is 54.5 Å². The molecule has 1 heterocycles. The lowest BCUT2D eigenvalue weighted by atomic mass is 9.87. The van der Waals surface area contributed by atoms with Crippen molar-refractivity contribution in [3.8, 4) is 0 Å². The minimum absolute atomic E-state index is 0.109. The minimum atomic E-state index is 0.109. The number of imidazole rings is 1. The maximum absolute atomic E-state index is 6.10. The van der Waals surface area contributed by atoms with E-state index in [0.717, 1.165) is 5.02 Å². The lowest BCUT2D eigenvalue weighted by Gasteiger charge is -2.24. The highest BCUT2D eigenvalue weighted by Gasteiger charge is 2.24. The molecule has 2 aromatic carbocycles. The highest BCUT2D eigenvalue weighted by molar-refractivity contribution is 9.09. The van der Waals surface area contributed by atoms with Gasteiger partial charge in [0.25, 0.3) is 0 Å². The van der Waals surface area contributed by atoms with Crippen LogP contribution in [0.2, 0.25) is 5.02 Å². The van der Waals surface area contributed by atoms with E-state index in [-0.39, 0.29) is 6.04 Å². The molecule has 1 fully saturated rings. The number of halogens is 2. The Bertz CT molecular complexity index is 844. The van der Waals surface area contributed by atoms with Gasteiger partial charge in [-0.15, -0.1) is 0 Å². The summed E-state index contributed by atoms with van der Waals surface area (Å²) in [6.45, 7) is 0. The fourth-order valence-electron chi connectivity index (χ4n) is 3.92. The van der Waals surface area contributed by atoms with Crippen LogP contribution in [0.5, 0.6) is 0 Å². The average Bonchev–Trinajstić information content (AvgIpc) is 3.14. The molecular formula is C22H22BrClN2. The first-order chi connectivity index (χ1) is 12.7. The number of rotatable bonds is 4. The third-order valence-electron chi connectivity index (χ3n) is 5.25. The molecule has 0 aliphatic heterocycles. The maximum Gasteiger partial charge on any atom is 0.0958 e. The highest BCUT2D eigenvalue weighted by Crippen LogP contribution is 2.36. The summed E-state index contributed by atoms with van der Waals surface area (Å²) in [6.07, 6.45) is 9.17. The molecule has 26 heavy (non-hydrogen) atoms. The SMILES string of the molecule is Clc1ccc(C(c2ccccc2)n2cnc(C3CCCC(Br)C3)c2)cc1. The van der Waals surface area contributed by atoms with Crippen LogP contribution < -0.4 is 0 Å². The van der Waals surface area contributed by atoms with Crippen molar-refractivity contribution in [2.24, 2.45) is 0 Å². The molecule has 134 valence electrons. The third kappa shape index (κ3) is 3.89. The molecule has 0 radical (unpaired) electrons. The molecule has 3 unspecified atom stereocenters. The van der Waals surface area contributed by atoms with Gasteiger partial charge in [0.15, 0.2) is 0 Å². The van der Waals surface area contributed by atoms with Crippen LogP contribution in [0.4, 0.5) is 0 Å². The van der Waals surface area contributed by atoms with Crippen LogP contribution in [0.15, 0.2) is 67.1 Å². The van der Waals surface area contributed by atoms with E-state index >= 15 is 0 Å². The van der Waals surface area contributed by atoms with E-state index in [9.17, 15) is 0 Å². The van der Waals surface area contributed by atoms with Gasteiger partial charge in [-0.2, -0.15) is 0 Å². The molecule has 4 rings (SSSR count). The molecule has 0 saturated heterocycles. The normalized spacial score (nSPS) is 21.5. The van der Waals surface area contributed by atoms with Crippen molar-refractivity contribution in [3.63, 3.8) is 0 Å². The van der Waals surface area contributed by atoms with Gasteiger partial charge < -0.3 is 4.57 Å². The summed E-state index contributed by atoms with van der Waals surface area (Å²) in [5.41, 5.74) is 3.68. The van der Waals surface area contributed by atoms with Gasteiger partial charge in [-0.05, 0) is 42.5 Å². The molecule has 3 atom stereocenters. The zero-order chi connectivity index (χ0) is 17.9. The van der Waals surface area contributed by atoms with Crippen molar-refractivity contribution < 1.29 is 0 Å². The fraction of sp³-hybridized carbons (Fsp3) is 0.318. The van der Waals surface area contributed by atoms with E-state index < -0.39 is 0 Å². The van der Waals surface area contributed by atoms with E-state index in [1.54, 1.807) is 0 Å². The zero-order valence-corrected chi connectivity index (χ0v) is 16.9. The molecule has 1 saturated carbocycles. The molecule has 4 heteroatoms. The van der Waals surface area contributed by atoms with Crippen LogP contribution in [0.25, 0.3) is 0 Å².